The molecule has 0 amide bonds. The van der Waals surface area contributed by atoms with Crippen LogP contribution in [0, 0.1) is 5.92 Å². The number of hydrogen-bond donors (Lipinski definition) is 1. The second-order valence-electron chi connectivity index (χ2n) is 4.75. The Labute approximate surface area is 95.9 Å². The highest BCUT2D eigenvalue weighted by molar-refractivity contribution is 7.91. The molecule has 0 aromatic heterocycles. The van der Waals surface area contributed by atoms with E-state index in [1.807, 2.05) is 4.90 Å². The predicted octanol–water partition coefficient (Wildman–Crippen LogP) is -0.00190. The van der Waals surface area contributed by atoms with E-state index in [1.54, 1.807) is 0 Å². The molecular weight excluding hydrogens is 232 g/mol. The van der Waals surface area contributed by atoms with E-state index in [-0.39, 0.29) is 23.6 Å². The maximum atomic E-state index is 11.5. The van der Waals surface area contributed by atoms with Gasteiger partial charge in [-0.1, -0.05) is 13.8 Å². The van der Waals surface area contributed by atoms with Crippen LogP contribution in [0.25, 0.3) is 0 Å². The number of hydrogen-bond acceptors (Lipinski definition) is 3. The van der Waals surface area contributed by atoms with Gasteiger partial charge in [-0.15, -0.1) is 0 Å². The molecule has 2 atom stereocenters. The Hall–Kier alpha value is -0.360. The number of rotatable bonds is 2. The lowest BCUT2D eigenvalue weighted by Crippen LogP contribution is -2.39. The minimum absolute atomic E-state index is 0.0150. The second kappa shape index (κ2) is 3.59. The fourth-order valence-electron chi connectivity index (χ4n) is 2.28. The van der Waals surface area contributed by atoms with Crippen molar-refractivity contribution in [2.24, 2.45) is 5.92 Å². The third kappa shape index (κ3) is 2.10. The predicted molar refractivity (Wildman–Crippen MR) is 63.5 cm³/mol. The van der Waals surface area contributed by atoms with E-state index in [0.29, 0.717) is 11.0 Å². The molecule has 0 aliphatic carbocycles. The van der Waals surface area contributed by atoms with Crippen molar-refractivity contribution in [1.29, 1.82) is 0 Å². The third-order valence-electron chi connectivity index (χ3n) is 2.85. The zero-order chi connectivity index (χ0) is 11.2. The van der Waals surface area contributed by atoms with E-state index in [9.17, 15) is 8.42 Å². The van der Waals surface area contributed by atoms with Crippen molar-refractivity contribution in [3.05, 3.63) is 0 Å². The van der Waals surface area contributed by atoms with Gasteiger partial charge in [-0.05, 0) is 18.1 Å². The largest absolute Gasteiger partial charge is 0.357 e. The summed E-state index contributed by atoms with van der Waals surface area (Å²) < 4.78 is 22.9. The minimum atomic E-state index is -2.86. The average molecular weight is 248 g/mol. The van der Waals surface area contributed by atoms with Gasteiger partial charge in [-0.3, -0.25) is 0 Å². The van der Waals surface area contributed by atoms with Crippen LogP contribution in [0.5, 0.6) is 0 Å². The first-order valence-electron chi connectivity index (χ1n) is 5.16. The molecule has 6 heteroatoms. The van der Waals surface area contributed by atoms with E-state index < -0.39 is 9.84 Å². The summed E-state index contributed by atoms with van der Waals surface area (Å²) in [5.74, 6) is 0.969. The molecule has 0 bridgehead atoms. The van der Waals surface area contributed by atoms with Crippen LogP contribution in [0.3, 0.4) is 0 Å². The summed E-state index contributed by atoms with van der Waals surface area (Å²) in [6.45, 7) is 5.06. The quantitative estimate of drug-likeness (QED) is 0.697. The highest BCUT2D eigenvalue weighted by atomic mass is 32.2. The molecule has 2 rings (SSSR count). The second-order valence-corrected chi connectivity index (χ2v) is 7.29. The molecule has 2 aliphatic heterocycles. The molecule has 1 N–H and O–H groups in total. The van der Waals surface area contributed by atoms with Crippen molar-refractivity contribution < 1.29 is 8.42 Å². The van der Waals surface area contributed by atoms with Crippen LogP contribution in [0.15, 0.2) is 0 Å². The highest BCUT2D eigenvalue weighted by Gasteiger charge is 2.46. The molecule has 0 aromatic rings. The Kier molecular flexibility index (Phi) is 2.66. The maximum absolute atomic E-state index is 11.5. The molecular formula is C9H16N2O2S2. The van der Waals surface area contributed by atoms with Crippen LogP contribution in [0.2, 0.25) is 0 Å². The first kappa shape index (κ1) is 11.1. The number of nitrogens with one attached hydrogen (secondary N) is 1. The van der Waals surface area contributed by atoms with Gasteiger partial charge < -0.3 is 10.2 Å². The van der Waals surface area contributed by atoms with E-state index in [4.69, 9.17) is 12.2 Å². The van der Waals surface area contributed by atoms with Gasteiger partial charge in [0, 0.05) is 6.54 Å². The van der Waals surface area contributed by atoms with Gasteiger partial charge in [0.15, 0.2) is 14.9 Å². The van der Waals surface area contributed by atoms with Gasteiger partial charge >= 0.3 is 0 Å². The highest BCUT2D eigenvalue weighted by Crippen LogP contribution is 2.24. The number of fused-ring (bicyclic) bond motifs is 1. The molecule has 0 saturated carbocycles. The lowest BCUT2D eigenvalue weighted by atomic mass is 10.1. The Bertz CT molecular complexity index is 378. The van der Waals surface area contributed by atoms with Crippen molar-refractivity contribution in [1.82, 2.24) is 10.2 Å². The summed E-state index contributed by atoms with van der Waals surface area (Å²) in [6, 6.07) is 0.0751. The summed E-state index contributed by atoms with van der Waals surface area (Å²) in [4.78, 5) is 2.04. The van der Waals surface area contributed by atoms with Gasteiger partial charge in [0.1, 0.15) is 0 Å². The average Bonchev–Trinajstić information content (AvgIpc) is 2.47. The Morgan fingerprint density at radius 3 is 2.80 bits per heavy atom. The zero-order valence-corrected chi connectivity index (χ0v) is 10.6. The fourth-order valence-corrected chi connectivity index (χ4v) is 4.56. The van der Waals surface area contributed by atoms with E-state index in [0.717, 1.165) is 6.54 Å². The van der Waals surface area contributed by atoms with E-state index >= 15 is 0 Å². The van der Waals surface area contributed by atoms with Gasteiger partial charge in [0.25, 0.3) is 0 Å². The minimum Gasteiger partial charge on any atom is -0.357 e. The Morgan fingerprint density at radius 1 is 1.53 bits per heavy atom. The summed E-state index contributed by atoms with van der Waals surface area (Å²) >= 11 is 5.21. The van der Waals surface area contributed by atoms with Gasteiger partial charge in [0.2, 0.25) is 0 Å². The zero-order valence-electron chi connectivity index (χ0n) is 8.93. The van der Waals surface area contributed by atoms with Gasteiger partial charge in [-0.2, -0.15) is 0 Å². The van der Waals surface area contributed by atoms with Crippen molar-refractivity contribution in [3.63, 3.8) is 0 Å². The standard InChI is InChI=1S/C9H16N2O2S2/c1-6(2)3-11-8-5-15(12,13)4-7(8)10-9(11)14/h6-8H,3-5H2,1-2H3,(H,10,14)/t7-,8+/m0/s1. The molecule has 0 unspecified atom stereocenters. The van der Waals surface area contributed by atoms with Crippen LogP contribution < -0.4 is 5.32 Å². The lowest BCUT2D eigenvalue weighted by molar-refractivity contribution is 0.318. The third-order valence-corrected chi connectivity index (χ3v) is 4.92. The molecule has 4 nitrogen and oxygen atoms in total. The summed E-state index contributed by atoms with van der Waals surface area (Å²) in [7, 11) is -2.86. The lowest BCUT2D eigenvalue weighted by Gasteiger charge is -2.24. The Morgan fingerprint density at radius 2 is 2.20 bits per heavy atom. The molecule has 2 fully saturated rings. The summed E-state index contributed by atoms with van der Waals surface area (Å²) in [6.07, 6.45) is 0. The molecule has 86 valence electrons. The first-order chi connectivity index (χ1) is 6.89. The van der Waals surface area contributed by atoms with E-state index in [1.165, 1.54) is 0 Å². The number of nitrogens with zero attached hydrogens (tertiary/aromatic N) is 1. The van der Waals surface area contributed by atoms with Crippen molar-refractivity contribution >= 4 is 27.2 Å². The maximum Gasteiger partial charge on any atom is 0.169 e. The first-order valence-corrected chi connectivity index (χ1v) is 7.39. The van der Waals surface area contributed by atoms with Crippen LogP contribution in [0.1, 0.15) is 13.8 Å². The Balaban J connectivity index is 2.15. The van der Waals surface area contributed by atoms with Gasteiger partial charge in [0.05, 0.1) is 23.6 Å². The number of sulfone groups is 1. The number of thiocarbonyl (C=S) groups is 1. The van der Waals surface area contributed by atoms with Crippen LogP contribution in [-0.4, -0.2) is 48.6 Å². The molecule has 0 aromatic carbocycles. The molecule has 2 aliphatic rings. The molecule has 15 heavy (non-hydrogen) atoms. The molecule has 2 heterocycles. The van der Waals surface area contributed by atoms with Crippen LogP contribution >= 0.6 is 12.2 Å². The fraction of sp³-hybridized carbons (Fsp3) is 0.889. The topological polar surface area (TPSA) is 49.4 Å². The summed E-state index contributed by atoms with van der Waals surface area (Å²) in [5, 5.41) is 3.82. The smallest absolute Gasteiger partial charge is 0.169 e. The molecule has 0 radical (unpaired) electrons. The summed E-state index contributed by atoms with van der Waals surface area (Å²) in [5.41, 5.74) is 0. The molecule has 0 spiro atoms. The molecule has 2 saturated heterocycles. The van der Waals surface area contributed by atoms with Gasteiger partial charge in [-0.25, -0.2) is 8.42 Å². The van der Waals surface area contributed by atoms with Crippen molar-refractivity contribution in [2.75, 3.05) is 18.1 Å². The van der Waals surface area contributed by atoms with Crippen LogP contribution in [0.4, 0.5) is 0 Å². The van der Waals surface area contributed by atoms with Crippen LogP contribution in [-0.2, 0) is 9.84 Å². The monoisotopic (exact) mass is 248 g/mol. The van der Waals surface area contributed by atoms with Crippen molar-refractivity contribution in [3.8, 4) is 0 Å². The van der Waals surface area contributed by atoms with E-state index in [2.05, 4.69) is 19.2 Å². The SMILES string of the molecule is CC(C)CN1C(=S)N[C@H]2CS(=O)(=O)C[C@H]21. The normalized spacial score (nSPS) is 33.3. The van der Waals surface area contributed by atoms with Crippen molar-refractivity contribution in [2.45, 2.75) is 25.9 Å².